The van der Waals surface area contributed by atoms with E-state index in [4.69, 9.17) is 10.5 Å². The number of benzene rings is 1. The molecule has 3 nitrogen and oxygen atoms in total. The Morgan fingerprint density at radius 3 is 2.64 bits per heavy atom. The van der Waals surface area contributed by atoms with Crippen molar-refractivity contribution >= 4 is 5.91 Å². The maximum absolute atomic E-state index is 11.0. The maximum atomic E-state index is 11.0. The molecular weight excluding hydrogens is 178 g/mol. The number of aryl methyl sites for hydroxylation is 1. The zero-order chi connectivity index (χ0) is 10.7. The number of primary amides is 1. The molecule has 0 aromatic heterocycles. The van der Waals surface area contributed by atoms with Crippen molar-refractivity contribution in [2.24, 2.45) is 5.73 Å². The molecular formula is C11H15NO2. The molecule has 0 spiro atoms. The molecule has 3 heteroatoms. The van der Waals surface area contributed by atoms with Gasteiger partial charge in [0.15, 0.2) is 0 Å². The Morgan fingerprint density at radius 2 is 2.14 bits per heavy atom. The SMILES string of the molecule is COc1ccc(C)cc1C(C)C(N)=O. The summed E-state index contributed by atoms with van der Waals surface area (Å²) in [5, 5.41) is 0. The molecule has 1 unspecified atom stereocenters. The van der Waals surface area contributed by atoms with Gasteiger partial charge >= 0.3 is 0 Å². The van der Waals surface area contributed by atoms with Crippen LogP contribution in [0.2, 0.25) is 0 Å². The van der Waals surface area contributed by atoms with Crippen LogP contribution in [0.3, 0.4) is 0 Å². The highest BCUT2D eigenvalue weighted by atomic mass is 16.5. The van der Waals surface area contributed by atoms with Gasteiger partial charge in [-0.3, -0.25) is 4.79 Å². The minimum Gasteiger partial charge on any atom is -0.496 e. The van der Waals surface area contributed by atoms with Gasteiger partial charge in [0, 0.05) is 5.56 Å². The van der Waals surface area contributed by atoms with E-state index in [1.165, 1.54) is 0 Å². The van der Waals surface area contributed by atoms with E-state index in [-0.39, 0.29) is 11.8 Å². The third-order valence-corrected chi connectivity index (χ3v) is 2.28. The predicted molar refractivity (Wildman–Crippen MR) is 55.3 cm³/mol. The van der Waals surface area contributed by atoms with E-state index in [2.05, 4.69) is 0 Å². The van der Waals surface area contributed by atoms with Crippen LogP contribution >= 0.6 is 0 Å². The van der Waals surface area contributed by atoms with Crippen molar-refractivity contribution in [3.8, 4) is 5.75 Å². The topological polar surface area (TPSA) is 52.3 Å². The standard InChI is InChI=1S/C11H15NO2/c1-7-4-5-10(14-3)9(6-7)8(2)11(12)13/h4-6,8H,1-3H3,(H2,12,13). The summed E-state index contributed by atoms with van der Waals surface area (Å²) in [5.41, 5.74) is 7.19. The number of rotatable bonds is 3. The van der Waals surface area contributed by atoms with Crippen molar-refractivity contribution in [3.05, 3.63) is 29.3 Å². The zero-order valence-corrected chi connectivity index (χ0v) is 8.70. The van der Waals surface area contributed by atoms with Gasteiger partial charge in [-0.05, 0) is 19.9 Å². The van der Waals surface area contributed by atoms with E-state index >= 15 is 0 Å². The van der Waals surface area contributed by atoms with Crippen molar-refractivity contribution in [2.45, 2.75) is 19.8 Å². The second kappa shape index (κ2) is 4.13. The second-order valence-electron chi connectivity index (χ2n) is 3.37. The van der Waals surface area contributed by atoms with Crippen LogP contribution in [0.5, 0.6) is 5.75 Å². The third-order valence-electron chi connectivity index (χ3n) is 2.28. The molecule has 14 heavy (non-hydrogen) atoms. The number of carbonyl (C=O) groups excluding carboxylic acids is 1. The molecule has 0 aliphatic heterocycles. The lowest BCUT2D eigenvalue weighted by molar-refractivity contribution is -0.119. The van der Waals surface area contributed by atoms with Gasteiger partial charge in [0.25, 0.3) is 0 Å². The summed E-state index contributed by atoms with van der Waals surface area (Å²) in [6.07, 6.45) is 0. The number of ether oxygens (including phenoxy) is 1. The van der Waals surface area contributed by atoms with Crippen LogP contribution in [0, 0.1) is 6.92 Å². The van der Waals surface area contributed by atoms with Gasteiger partial charge in [-0.15, -0.1) is 0 Å². The fourth-order valence-corrected chi connectivity index (χ4v) is 1.35. The van der Waals surface area contributed by atoms with Crippen molar-refractivity contribution in [1.82, 2.24) is 0 Å². The van der Waals surface area contributed by atoms with Gasteiger partial charge in [-0.2, -0.15) is 0 Å². The second-order valence-corrected chi connectivity index (χ2v) is 3.37. The first-order valence-corrected chi connectivity index (χ1v) is 4.50. The molecule has 1 amide bonds. The first kappa shape index (κ1) is 10.6. The summed E-state index contributed by atoms with van der Waals surface area (Å²) in [7, 11) is 1.59. The normalized spacial score (nSPS) is 12.2. The highest BCUT2D eigenvalue weighted by Crippen LogP contribution is 2.27. The van der Waals surface area contributed by atoms with Crippen molar-refractivity contribution in [1.29, 1.82) is 0 Å². The average Bonchev–Trinajstić information content (AvgIpc) is 2.16. The van der Waals surface area contributed by atoms with Gasteiger partial charge < -0.3 is 10.5 Å². The van der Waals surface area contributed by atoms with E-state index in [9.17, 15) is 4.79 Å². The smallest absolute Gasteiger partial charge is 0.224 e. The molecule has 1 atom stereocenters. The van der Waals surface area contributed by atoms with Crippen molar-refractivity contribution < 1.29 is 9.53 Å². The predicted octanol–water partition coefficient (Wildman–Crippen LogP) is 1.59. The fraction of sp³-hybridized carbons (Fsp3) is 0.364. The van der Waals surface area contributed by atoms with Crippen LogP contribution in [0.1, 0.15) is 24.0 Å². The van der Waals surface area contributed by atoms with Gasteiger partial charge in [-0.25, -0.2) is 0 Å². The maximum Gasteiger partial charge on any atom is 0.224 e. The summed E-state index contributed by atoms with van der Waals surface area (Å²) in [6, 6.07) is 5.72. The Morgan fingerprint density at radius 1 is 1.50 bits per heavy atom. The Balaban J connectivity index is 3.16. The lowest BCUT2D eigenvalue weighted by Crippen LogP contribution is -2.19. The highest BCUT2D eigenvalue weighted by Gasteiger charge is 2.16. The van der Waals surface area contributed by atoms with Crippen LogP contribution in [-0.4, -0.2) is 13.0 Å². The van der Waals surface area contributed by atoms with Gasteiger partial charge in [0.1, 0.15) is 5.75 Å². The fourth-order valence-electron chi connectivity index (χ4n) is 1.35. The molecule has 0 saturated carbocycles. The first-order chi connectivity index (χ1) is 6.56. The first-order valence-electron chi connectivity index (χ1n) is 4.50. The van der Waals surface area contributed by atoms with Gasteiger partial charge in [0.2, 0.25) is 5.91 Å². The Labute approximate surface area is 83.9 Å². The molecule has 76 valence electrons. The van der Waals surface area contributed by atoms with Crippen LogP contribution < -0.4 is 10.5 Å². The van der Waals surface area contributed by atoms with Crippen LogP contribution in [0.4, 0.5) is 0 Å². The third kappa shape index (κ3) is 2.05. The summed E-state index contributed by atoms with van der Waals surface area (Å²) in [5.74, 6) is 0.0562. The van der Waals surface area contributed by atoms with Crippen LogP contribution in [0.25, 0.3) is 0 Å². The van der Waals surface area contributed by atoms with Crippen molar-refractivity contribution in [2.75, 3.05) is 7.11 Å². The Kier molecular flexibility index (Phi) is 3.12. The lowest BCUT2D eigenvalue weighted by Gasteiger charge is -2.13. The van der Waals surface area contributed by atoms with E-state index in [0.29, 0.717) is 5.75 Å². The Bertz CT molecular complexity index is 347. The van der Waals surface area contributed by atoms with Gasteiger partial charge in [-0.1, -0.05) is 17.7 Å². The number of hydrogen-bond acceptors (Lipinski definition) is 2. The molecule has 1 aromatic carbocycles. The summed E-state index contributed by atoms with van der Waals surface area (Å²) in [6.45, 7) is 3.75. The molecule has 0 radical (unpaired) electrons. The van der Waals surface area contributed by atoms with E-state index in [1.54, 1.807) is 14.0 Å². The summed E-state index contributed by atoms with van der Waals surface area (Å²) >= 11 is 0. The molecule has 0 heterocycles. The van der Waals surface area contributed by atoms with E-state index < -0.39 is 0 Å². The molecule has 0 aliphatic rings. The van der Waals surface area contributed by atoms with Crippen LogP contribution in [0.15, 0.2) is 18.2 Å². The minimum absolute atomic E-state index is 0.315. The number of amides is 1. The molecule has 0 bridgehead atoms. The molecule has 2 N–H and O–H groups in total. The van der Waals surface area contributed by atoms with Crippen LogP contribution in [-0.2, 0) is 4.79 Å². The van der Waals surface area contributed by atoms with Gasteiger partial charge in [0.05, 0.1) is 13.0 Å². The quantitative estimate of drug-likeness (QED) is 0.792. The molecule has 0 aliphatic carbocycles. The lowest BCUT2D eigenvalue weighted by atomic mass is 9.98. The van der Waals surface area contributed by atoms with E-state index in [1.807, 2.05) is 25.1 Å². The molecule has 0 fully saturated rings. The minimum atomic E-state index is -0.339. The van der Waals surface area contributed by atoms with Crippen molar-refractivity contribution in [3.63, 3.8) is 0 Å². The highest BCUT2D eigenvalue weighted by molar-refractivity contribution is 5.82. The average molecular weight is 193 g/mol. The number of hydrogen-bond donors (Lipinski definition) is 1. The number of methoxy groups -OCH3 is 1. The molecule has 1 rings (SSSR count). The summed E-state index contributed by atoms with van der Waals surface area (Å²) < 4.78 is 5.16. The number of nitrogens with two attached hydrogens (primary N) is 1. The van der Waals surface area contributed by atoms with E-state index in [0.717, 1.165) is 11.1 Å². The molecule has 1 aromatic rings. The summed E-state index contributed by atoms with van der Waals surface area (Å²) in [4.78, 5) is 11.0. The zero-order valence-electron chi connectivity index (χ0n) is 8.70. The Hall–Kier alpha value is -1.51. The monoisotopic (exact) mass is 193 g/mol. The number of carbonyl (C=O) groups is 1. The largest absolute Gasteiger partial charge is 0.496 e. The molecule has 0 saturated heterocycles.